The normalized spacial score (nSPS) is 11.1. The minimum atomic E-state index is -0.451. The van der Waals surface area contributed by atoms with Crippen LogP contribution in [0.5, 0.6) is 0 Å². The number of benzene rings is 2. The SMILES string of the molecule is CCOC(=O)c1cc(-c2nnc(-c3cccc(C)c3)s2)n(-c2ccccc2C(C)C)n1. The fraction of sp³-hybridized carbons (Fsp3) is 0.250. The number of aryl methyl sites for hydroxylation is 1. The fourth-order valence-corrected chi connectivity index (χ4v) is 4.25. The Bertz CT molecular complexity index is 1230. The van der Waals surface area contributed by atoms with E-state index >= 15 is 0 Å². The molecule has 2 heterocycles. The molecule has 0 amide bonds. The minimum absolute atomic E-state index is 0.253. The highest BCUT2D eigenvalue weighted by Crippen LogP contribution is 2.33. The molecular weight excluding hydrogens is 408 g/mol. The van der Waals surface area contributed by atoms with Crippen molar-refractivity contribution in [3.8, 4) is 27.0 Å². The summed E-state index contributed by atoms with van der Waals surface area (Å²) in [6, 6.07) is 18.0. The molecule has 7 heteroatoms. The smallest absolute Gasteiger partial charge is 0.358 e. The van der Waals surface area contributed by atoms with Crippen LogP contribution in [0.4, 0.5) is 0 Å². The number of aromatic nitrogens is 4. The van der Waals surface area contributed by atoms with Crippen molar-refractivity contribution in [1.29, 1.82) is 0 Å². The van der Waals surface area contributed by atoms with E-state index in [4.69, 9.17) is 4.74 Å². The van der Waals surface area contributed by atoms with Crippen LogP contribution in [0.25, 0.3) is 27.0 Å². The highest BCUT2D eigenvalue weighted by molar-refractivity contribution is 7.17. The second-order valence-corrected chi connectivity index (χ2v) is 8.52. The first kappa shape index (κ1) is 20.9. The summed E-state index contributed by atoms with van der Waals surface area (Å²) in [6.45, 7) is 8.39. The molecule has 0 N–H and O–H groups in total. The fourth-order valence-electron chi connectivity index (χ4n) is 3.41. The van der Waals surface area contributed by atoms with Crippen molar-refractivity contribution < 1.29 is 9.53 Å². The first-order valence-electron chi connectivity index (χ1n) is 10.2. The number of ether oxygens (including phenoxy) is 1. The molecule has 4 rings (SSSR count). The molecular formula is C24H24N4O2S. The Morgan fingerprint density at radius 2 is 1.84 bits per heavy atom. The highest BCUT2D eigenvalue weighted by atomic mass is 32.1. The van der Waals surface area contributed by atoms with Gasteiger partial charge in [0.15, 0.2) is 10.7 Å². The molecule has 0 aliphatic rings. The summed E-state index contributed by atoms with van der Waals surface area (Å²) in [5.74, 6) is -0.162. The molecule has 0 saturated heterocycles. The molecule has 0 unspecified atom stereocenters. The van der Waals surface area contributed by atoms with Crippen molar-refractivity contribution in [3.63, 3.8) is 0 Å². The van der Waals surface area contributed by atoms with E-state index in [9.17, 15) is 4.79 Å². The zero-order valence-electron chi connectivity index (χ0n) is 18.0. The summed E-state index contributed by atoms with van der Waals surface area (Å²) in [4.78, 5) is 12.4. The van der Waals surface area contributed by atoms with Crippen molar-refractivity contribution in [1.82, 2.24) is 20.0 Å². The van der Waals surface area contributed by atoms with Gasteiger partial charge >= 0.3 is 5.97 Å². The van der Waals surface area contributed by atoms with Gasteiger partial charge in [0, 0.05) is 11.6 Å². The largest absolute Gasteiger partial charge is 0.461 e. The van der Waals surface area contributed by atoms with E-state index in [-0.39, 0.29) is 11.6 Å². The summed E-state index contributed by atoms with van der Waals surface area (Å²) in [5, 5.41) is 14.9. The van der Waals surface area contributed by atoms with Gasteiger partial charge in [-0.05, 0) is 37.5 Å². The lowest BCUT2D eigenvalue weighted by atomic mass is 10.0. The van der Waals surface area contributed by atoms with Crippen LogP contribution in [0, 0.1) is 6.92 Å². The maximum absolute atomic E-state index is 12.4. The number of hydrogen-bond donors (Lipinski definition) is 0. The van der Waals surface area contributed by atoms with Gasteiger partial charge in [0.25, 0.3) is 0 Å². The molecule has 0 radical (unpaired) electrons. The first-order valence-corrected chi connectivity index (χ1v) is 11.1. The Morgan fingerprint density at radius 1 is 1.06 bits per heavy atom. The molecule has 0 saturated carbocycles. The molecule has 0 aliphatic heterocycles. The van der Waals surface area contributed by atoms with Gasteiger partial charge in [-0.15, -0.1) is 10.2 Å². The molecule has 158 valence electrons. The van der Waals surface area contributed by atoms with Crippen LogP contribution in [-0.4, -0.2) is 32.6 Å². The number of rotatable bonds is 6. The van der Waals surface area contributed by atoms with E-state index in [0.717, 1.165) is 27.4 Å². The second kappa shape index (κ2) is 8.81. The topological polar surface area (TPSA) is 69.9 Å². The average molecular weight is 433 g/mol. The Hall–Kier alpha value is -3.32. The zero-order chi connectivity index (χ0) is 22.0. The summed E-state index contributed by atoms with van der Waals surface area (Å²) in [7, 11) is 0. The molecule has 0 aliphatic carbocycles. The predicted molar refractivity (Wildman–Crippen MR) is 123 cm³/mol. The van der Waals surface area contributed by atoms with Gasteiger partial charge in [-0.3, -0.25) is 0 Å². The molecule has 0 bridgehead atoms. The Labute approximate surface area is 185 Å². The second-order valence-electron chi connectivity index (χ2n) is 7.54. The number of hydrogen-bond acceptors (Lipinski definition) is 6. The van der Waals surface area contributed by atoms with E-state index in [0.29, 0.717) is 17.3 Å². The van der Waals surface area contributed by atoms with E-state index in [2.05, 4.69) is 54.3 Å². The first-order chi connectivity index (χ1) is 15.0. The Morgan fingerprint density at radius 3 is 2.58 bits per heavy atom. The Balaban J connectivity index is 1.85. The van der Waals surface area contributed by atoms with Gasteiger partial charge in [0.05, 0.1) is 12.3 Å². The van der Waals surface area contributed by atoms with Crippen LogP contribution in [0.3, 0.4) is 0 Å². The third-order valence-electron chi connectivity index (χ3n) is 4.89. The van der Waals surface area contributed by atoms with Gasteiger partial charge < -0.3 is 4.74 Å². The van der Waals surface area contributed by atoms with Crippen LogP contribution in [0.2, 0.25) is 0 Å². The van der Waals surface area contributed by atoms with Crippen molar-refractivity contribution in [2.24, 2.45) is 0 Å². The molecule has 0 spiro atoms. The number of carbonyl (C=O) groups excluding carboxylic acids is 1. The molecule has 0 fully saturated rings. The number of esters is 1. The molecule has 4 aromatic rings. The summed E-state index contributed by atoms with van der Waals surface area (Å²) < 4.78 is 6.97. The standard InChI is InChI=1S/C24H24N4O2S/c1-5-30-24(29)19-14-21(28(27-19)20-12-7-6-11-18(20)15(2)3)23-26-25-22(31-23)17-10-8-9-16(4)13-17/h6-15H,5H2,1-4H3. The van der Waals surface area contributed by atoms with Crippen molar-refractivity contribution in [3.05, 3.63) is 71.4 Å². The third-order valence-corrected chi connectivity index (χ3v) is 5.88. The van der Waals surface area contributed by atoms with E-state index in [1.54, 1.807) is 17.7 Å². The lowest BCUT2D eigenvalue weighted by molar-refractivity contribution is 0.0519. The predicted octanol–water partition coefficient (Wildman–Crippen LogP) is 5.67. The van der Waals surface area contributed by atoms with Crippen LogP contribution < -0.4 is 0 Å². The van der Waals surface area contributed by atoms with Gasteiger partial charge in [-0.1, -0.05) is 67.1 Å². The van der Waals surface area contributed by atoms with E-state index in [1.807, 2.05) is 30.3 Å². The molecule has 0 atom stereocenters. The lowest BCUT2D eigenvalue weighted by Gasteiger charge is -2.14. The van der Waals surface area contributed by atoms with Crippen molar-refractivity contribution in [2.45, 2.75) is 33.6 Å². The van der Waals surface area contributed by atoms with Crippen molar-refractivity contribution >= 4 is 17.3 Å². The van der Waals surface area contributed by atoms with Crippen LogP contribution in [-0.2, 0) is 4.74 Å². The van der Waals surface area contributed by atoms with Gasteiger partial charge in [-0.2, -0.15) is 5.10 Å². The molecule has 31 heavy (non-hydrogen) atoms. The van der Waals surface area contributed by atoms with Gasteiger partial charge in [0.2, 0.25) is 0 Å². The molecule has 2 aromatic heterocycles. The van der Waals surface area contributed by atoms with Crippen LogP contribution in [0.15, 0.2) is 54.6 Å². The average Bonchev–Trinajstić information content (AvgIpc) is 3.41. The van der Waals surface area contributed by atoms with E-state index in [1.165, 1.54) is 11.3 Å². The van der Waals surface area contributed by atoms with Crippen LogP contribution in [0.1, 0.15) is 48.3 Å². The summed E-state index contributed by atoms with van der Waals surface area (Å²) in [5.41, 5.74) is 5.19. The summed E-state index contributed by atoms with van der Waals surface area (Å²) >= 11 is 1.47. The third kappa shape index (κ3) is 4.27. The Kier molecular flexibility index (Phi) is 5.95. The number of nitrogens with zero attached hydrogens (tertiary/aromatic N) is 4. The maximum atomic E-state index is 12.4. The number of carbonyl (C=O) groups is 1. The lowest BCUT2D eigenvalue weighted by Crippen LogP contribution is -2.08. The molecule has 6 nitrogen and oxygen atoms in total. The van der Waals surface area contributed by atoms with Crippen molar-refractivity contribution in [2.75, 3.05) is 6.61 Å². The van der Waals surface area contributed by atoms with Crippen LogP contribution >= 0.6 is 11.3 Å². The number of para-hydroxylation sites is 1. The summed E-state index contributed by atoms with van der Waals surface area (Å²) in [6.07, 6.45) is 0. The highest BCUT2D eigenvalue weighted by Gasteiger charge is 2.22. The van der Waals surface area contributed by atoms with Gasteiger partial charge in [-0.25, -0.2) is 9.48 Å². The molecule has 2 aromatic carbocycles. The van der Waals surface area contributed by atoms with Gasteiger partial charge in [0.1, 0.15) is 10.7 Å². The quantitative estimate of drug-likeness (QED) is 0.367. The minimum Gasteiger partial charge on any atom is -0.461 e. The zero-order valence-corrected chi connectivity index (χ0v) is 18.8. The maximum Gasteiger partial charge on any atom is 0.358 e. The monoisotopic (exact) mass is 432 g/mol. The van der Waals surface area contributed by atoms with E-state index < -0.39 is 5.97 Å².